The first kappa shape index (κ1) is 16.8. The summed E-state index contributed by atoms with van der Waals surface area (Å²) in [4.78, 5) is 4.45. The van der Waals surface area contributed by atoms with Crippen LogP contribution in [-0.4, -0.2) is 5.71 Å². The van der Waals surface area contributed by atoms with Crippen molar-refractivity contribution in [3.8, 4) is 0 Å². The average Bonchev–Trinajstić information content (AvgIpc) is 2.60. The van der Waals surface area contributed by atoms with Gasteiger partial charge in [0.15, 0.2) is 0 Å². The Hall–Kier alpha value is -3.07. The van der Waals surface area contributed by atoms with E-state index >= 15 is 0 Å². The molecule has 0 unspecified atom stereocenters. The Morgan fingerprint density at radius 1 is 0.600 bits per heavy atom. The first-order valence-electron chi connectivity index (χ1n) is 8.41. The summed E-state index contributed by atoms with van der Waals surface area (Å²) in [5.41, 5.74) is 7.55. The fourth-order valence-electron chi connectivity index (χ4n) is 2.48. The molecule has 0 amide bonds. The molecule has 126 valence electrons. The summed E-state index contributed by atoms with van der Waals surface area (Å²) in [7, 11) is 0. The highest BCUT2D eigenvalue weighted by Gasteiger charge is 1.98. The highest BCUT2D eigenvalue weighted by Crippen LogP contribution is 2.23. The zero-order valence-electron chi connectivity index (χ0n) is 14.9. The van der Waals surface area contributed by atoms with Crippen molar-refractivity contribution in [2.24, 2.45) is 4.99 Å². The molecule has 3 aromatic carbocycles. The van der Waals surface area contributed by atoms with Gasteiger partial charge in [0.25, 0.3) is 0 Å². The molecule has 0 saturated heterocycles. The summed E-state index contributed by atoms with van der Waals surface area (Å²) in [6.45, 7) is 6.09. The monoisotopic (exact) mass is 329 g/mol. The Kier molecular flexibility index (Phi) is 5.14. The maximum atomic E-state index is 4.45. The van der Waals surface area contributed by atoms with Gasteiger partial charge in [-0.15, -0.1) is 0 Å². The van der Waals surface area contributed by atoms with Crippen molar-refractivity contribution in [3.05, 3.63) is 78.4 Å². The molecule has 0 aromatic heterocycles. The van der Waals surface area contributed by atoms with Crippen LogP contribution in [-0.2, 0) is 0 Å². The summed E-state index contributed by atoms with van der Waals surface area (Å²) < 4.78 is 0. The third-order valence-corrected chi connectivity index (χ3v) is 3.73. The Morgan fingerprint density at radius 3 is 1.36 bits per heavy atom. The lowest BCUT2D eigenvalue weighted by Crippen LogP contribution is -1.92. The molecule has 0 atom stereocenters. The minimum absolute atomic E-state index is 0.975. The molecule has 3 aromatic rings. The van der Waals surface area contributed by atoms with Crippen LogP contribution in [0.15, 0.2) is 77.8 Å². The molecule has 0 fully saturated rings. The first-order valence-corrected chi connectivity index (χ1v) is 8.41. The molecule has 2 N–H and O–H groups in total. The number of aryl methyl sites for hydroxylation is 1. The van der Waals surface area contributed by atoms with Gasteiger partial charge in [-0.3, -0.25) is 4.99 Å². The summed E-state index contributed by atoms with van der Waals surface area (Å²) in [5.74, 6) is 0. The highest BCUT2D eigenvalue weighted by molar-refractivity contribution is 5.82. The second-order valence-electron chi connectivity index (χ2n) is 6.30. The first-order chi connectivity index (χ1) is 12.1. The van der Waals surface area contributed by atoms with Crippen LogP contribution in [0.25, 0.3) is 0 Å². The van der Waals surface area contributed by atoms with Gasteiger partial charge in [-0.25, -0.2) is 0 Å². The molecule has 25 heavy (non-hydrogen) atoms. The van der Waals surface area contributed by atoms with Gasteiger partial charge in [-0.2, -0.15) is 0 Å². The van der Waals surface area contributed by atoms with E-state index in [1.165, 1.54) is 5.56 Å². The largest absolute Gasteiger partial charge is 0.356 e. The standard InChI is InChI=1S/C22H23N3/c1-16(2)23-18-8-10-20(11-9-18)25-22-14-12-21(13-15-22)24-19-6-4-17(3)5-7-19/h4-15,24-25H,1-3H3. The van der Waals surface area contributed by atoms with E-state index in [1.807, 2.05) is 38.1 Å². The van der Waals surface area contributed by atoms with Crippen molar-refractivity contribution < 1.29 is 0 Å². The predicted molar refractivity (Wildman–Crippen MR) is 109 cm³/mol. The minimum Gasteiger partial charge on any atom is -0.356 e. The van der Waals surface area contributed by atoms with E-state index in [1.54, 1.807) is 0 Å². The van der Waals surface area contributed by atoms with E-state index in [4.69, 9.17) is 0 Å². The quantitative estimate of drug-likeness (QED) is 0.518. The van der Waals surface area contributed by atoms with Crippen LogP contribution in [0.4, 0.5) is 28.4 Å². The number of nitrogens with one attached hydrogen (secondary N) is 2. The van der Waals surface area contributed by atoms with Crippen LogP contribution in [0, 0.1) is 6.92 Å². The topological polar surface area (TPSA) is 36.4 Å². The van der Waals surface area contributed by atoms with Gasteiger partial charge in [-0.05, 0) is 81.4 Å². The van der Waals surface area contributed by atoms with Crippen LogP contribution in [0.3, 0.4) is 0 Å². The molecule has 3 heteroatoms. The van der Waals surface area contributed by atoms with Gasteiger partial charge in [-0.1, -0.05) is 17.7 Å². The van der Waals surface area contributed by atoms with Crippen LogP contribution in [0.1, 0.15) is 19.4 Å². The van der Waals surface area contributed by atoms with Crippen LogP contribution >= 0.6 is 0 Å². The summed E-state index contributed by atoms with van der Waals surface area (Å²) in [6.07, 6.45) is 0. The van der Waals surface area contributed by atoms with Gasteiger partial charge in [0.1, 0.15) is 0 Å². The zero-order valence-corrected chi connectivity index (χ0v) is 14.9. The van der Waals surface area contributed by atoms with Crippen LogP contribution in [0.2, 0.25) is 0 Å². The second-order valence-corrected chi connectivity index (χ2v) is 6.30. The predicted octanol–water partition coefficient (Wildman–Crippen LogP) is 6.59. The Bertz CT molecular complexity index is 841. The summed E-state index contributed by atoms with van der Waals surface area (Å²) in [6, 6.07) is 24.8. The molecule has 0 aliphatic heterocycles. The third kappa shape index (κ3) is 4.95. The Labute approximate surface area is 149 Å². The molecule has 0 aliphatic rings. The third-order valence-electron chi connectivity index (χ3n) is 3.73. The van der Waals surface area contributed by atoms with Gasteiger partial charge < -0.3 is 10.6 Å². The molecule has 0 saturated carbocycles. The van der Waals surface area contributed by atoms with E-state index in [2.05, 4.69) is 71.1 Å². The molecule has 0 bridgehead atoms. The van der Waals surface area contributed by atoms with E-state index in [0.717, 1.165) is 34.1 Å². The Morgan fingerprint density at radius 2 is 0.960 bits per heavy atom. The summed E-state index contributed by atoms with van der Waals surface area (Å²) >= 11 is 0. The van der Waals surface area contributed by atoms with Crippen molar-refractivity contribution >= 4 is 34.1 Å². The molecule has 3 nitrogen and oxygen atoms in total. The van der Waals surface area contributed by atoms with Crippen molar-refractivity contribution in [1.29, 1.82) is 0 Å². The average molecular weight is 329 g/mol. The Balaban J connectivity index is 1.64. The molecule has 0 spiro atoms. The fourth-order valence-corrected chi connectivity index (χ4v) is 2.48. The van der Waals surface area contributed by atoms with Crippen molar-refractivity contribution in [1.82, 2.24) is 0 Å². The van der Waals surface area contributed by atoms with Gasteiger partial charge in [0, 0.05) is 28.5 Å². The second kappa shape index (κ2) is 7.67. The number of aliphatic imine (C=N–C) groups is 1. The number of anilines is 4. The smallest absolute Gasteiger partial charge is 0.0630 e. The number of benzene rings is 3. The fraction of sp³-hybridized carbons (Fsp3) is 0.136. The SMILES string of the molecule is CC(C)=Nc1ccc(Nc2ccc(Nc3ccc(C)cc3)cc2)cc1. The number of nitrogens with zero attached hydrogens (tertiary/aromatic N) is 1. The lowest BCUT2D eigenvalue weighted by molar-refractivity contribution is 1.45. The number of hydrogen-bond acceptors (Lipinski definition) is 3. The van der Waals surface area contributed by atoms with Crippen LogP contribution in [0.5, 0.6) is 0 Å². The number of hydrogen-bond donors (Lipinski definition) is 2. The van der Waals surface area contributed by atoms with Gasteiger partial charge >= 0.3 is 0 Å². The van der Waals surface area contributed by atoms with E-state index in [-0.39, 0.29) is 0 Å². The summed E-state index contributed by atoms with van der Waals surface area (Å²) in [5, 5.41) is 6.81. The van der Waals surface area contributed by atoms with Crippen molar-refractivity contribution in [2.75, 3.05) is 10.6 Å². The highest BCUT2D eigenvalue weighted by atomic mass is 14.9. The van der Waals surface area contributed by atoms with E-state index < -0.39 is 0 Å². The lowest BCUT2D eigenvalue weighted by Gasteiger charge is -2.10. The lowest BCUT2D eigenvalue weighted by atomic mass is 10.2. The van der Waals surface area contributed by atoms with Crippen LogP contribution < -0.4 is 10.6 Å². The normalized spacial score (nSPS) is 10.2. The molecular formula is C22H23N3. The van der Waals surface area contributed by atoms with Gasteiger partial charge in [0.05, 0.1) is 5.69 Å². The van der Waals surface area contributed by atoms with E-state index in [0.29, 0.717) is 0 Å². The maximum absolute atomic E-state index is 4.45. The number of rotatable bonds is 5. The van der Waals surface area contributed by atoms with Gasteiger partial charge in [0.2, 0.25) is 0 Å². The molecule has 0 radical (unpaired) electrons. The molecule has 0 aliphatic carbocycles. The molecular weight excluding hydrogens is 306 g/mol. The molecule has 0 heterocycles. The minimum atomic E-state index is 0.975. The van der Waals surface area contributed by atoms with E-state index in [9.17, 15) is 0 Å². The zero-order chi connectivity index (χ0) is 17.6. The molecule has 3 rings (SSSR count). The van der Waals surface area contributed by atoms with Crippen molar-refractivity contribution in [3.63, 3.8) is 0 Å². The van der Waals surface area contributed by atoms with Crippen molar-refractivity contribution in [2.45, 2.75) is 20.8 Å². The maximum Gasteiger partial charge on any atom is 0.0630 e.